The van der Waals surface area contributed by atoms with Gasteiger partial charge in [0.2, 0.25) is 0 Å². The van der Waals surface area contributed by atoms with Gasteiger partial charge in [0.25, 0.3) is 15.9 Å². The fraction of sp³-hybridized carbons (Fsp3) is 0.200. The van der Waals surface area contributed by atoms with Crippen molar-refractivity contribution in [2.45, 2.75) is 4.90 Å². The smallest absolute Gasteiger partial charge is 0.264 e. The van der Waals surface area contributed by atoms with E-state index in [0.29, 0.717) is 28.6 Å². The molecule has 0 fully saturated rings. The summed E-state index contributed by atoms with van der Waals surface area (Å²) in [7, 11) is 1.80. The largest absolute Gasteiger partial charge is 0.493 e. The molecule has 11 heteroatoms. The number of ether oxygens (including phenoxy) is 4. The molecule has 1 N–H and O–H groups in total. The van der Waals surface area contributed by atoms with E-state index in [4.69, 9.17) is 18.9 Å². The fourth-order valence-corrected chi connectivity index (χ4v) is 4.80. The summed E-state index contributed by atoms with van der Waals surface area (Å²) < 4.78 is 49.1. The first-order chi connectivity index (χ1) is 17.3. The lowest BCUT2D eigenvalue weighted by molar-refractivity contribution is -0.119. The minimum atomic E-state index is -4.10. The molecular weight excluding hydrogens is 486 g/mol. The minimum absolute atomic E-state index is 0.0252. The Balaban J connectivity index is 1.90. The van der Waals surface area contributed by atoms with E-state index in [1.807, 2.05) is 0 Å². The number of benzene rings is 3. The van der Waals surface area contributed by atoms with Crippen LogP contribution in [-0.4, -0.2) is 55.5 Å². The molecule has 0 spiro atoms. The standard InChI is InChI=1S/C25H27N3O7S/c1-32-21-14-13-19(15-23(21)34-3)28(36(30,31)20-10-6-5-7-11-20)17-24(29)27-26-16-18-9-8-12-22(33-2)25(18)35-4/h5-16H,17H2,1-4H3,(H,27,29)/b26-16-. The maximum atomic E-state index is 13.5. The summed E-state index contributed by atoms with van der Waals surface area (Å²) in [5.74, 6) is 1.01. The van der Waals surface area contributed by atoms with Crippen LogP contribution in [0.2, 0.25) is 0 Å². The van der Waals surface area contributed by atoms with Gasteiger partial charge < -0.3 is 18.9 Å². The van der Waals surface area contributed by atoms with Gasteiger partial charge in [-0.2, -0.15) is 5.10 Å². The second-order valence-corrected chi connectivity index (χ2v) is 9.10. The van der Waals surface area contributed by atoms with Crippen molar-refractivity contribution in [1.29, 1.82) is 0 Å². The van der Waals surface area contributed by atoms with E-state index in [-0.39, 0.29) is 10.6 Å². The molecule has 0 saturated carbocycles. The van der Waals surface area contributed by atoms with Crippen LogP contribution in [0.15, 0.2) is 76.7 Å². The van der Waals surface area contributed by atoms with Crippen LogP contribution in [0.1, 0.15) is 5.56 Å². The third-order valence-electron chi connectivity index (χ3n) is 5.10. The SMILES string of the molecule is COc1ccc(N(CC(=O)N/N=C\c2cccc(OC)c2OC)S(=O)(=O)c2ccccc2)cc1OC. The number of carbonyl (C=O) groups excluding carboxylic acids is 1. The Bertz CT molecular complexity index is 1330. The van der Waals surface area contributed by atoms with Gasteiger partial charge in [0.15, 0.2) is 23.0 Å². The van der Waals surface area contributed by atoms with Crippen LogP contribution in [0.25, 0.3) is 0 Å². The summed E-state index contributed by atoms with van der Waals surface area (Å²) in [6, 6.07) is 17.6. The Labute approximate surface area is 210 Å². The molecular formula is C25H27N3O7S. The zero-order valence-electron chi connectivity index (χ0n) is 20.3. The Morgan fingerprint density at radius 1 is 0.861 bits per heavy atom. The Hall–Kier alpha value is -4.25. The van der Waals surface area contributed by atoms with E-state index in [2.05, 4.69) is 10.5 Å². The quantitative estimate of drug-likeness (QED) is 0.309. The van der Waals surface area contributed by atoms with Gasteiger partial charge in [-0.05, 0) is 36.4 Å². The first kappa shape index (κ1) is 26.4. The zero-order valence-corrected chi connectivity index (χ0v) is 21.1. The third kappa shape index (κ3) is 5.87. The van der Waals surface area contributed by atoms with E-state index < -0.39 is 22.5 Å². The number of anilines is 1. The predicted octanol–water partition coefficient (Wildman–Crippen LogP) is 3.07. The van der Waals surface area contributed by atoms with Gasteiger partial charge in [0, 0.05) is 11.6 Å². The van der Waals surface area contributed by atoms with Crippen LogP contribution < -0.4 is 28.7 Å². The molecule has 10 nitrogen and oxygen atoms in total. The van der Waals surface area contributed by atoms with Gasteiger partial charge in [-0.15, -0.1) is 0 Å². The molecule has 0 bridgehead atoms. The summed E-state index contributed by atoms with van der Waals surface area (Å²) >= 11 is 0. The Kier molecular flexibility index (Phi) is 8.74. The molecule has 3 rings (SSSR count). The highest BCUT2D eigenvalue weighted by Crippen LogP contribution is 2.34. The maximum Gasteiger partial charge on any atom is 0.264 e. The van der Waals surface area contributed by atoms with E-state index in [1.165, 1.54) is 58.9 Å². The van der Waals surface area contributed by atoms with Gasteiger partial charge in [-0.1, -0.05) is 24.3 Å². The number of amides is 1. The van der Waals surface area contributed by atoms with Crippen LogP contribution in [0.4, 0.5) is 5.69 Å². The number of nitrogens with zero attached hydrogens (tertiary/aromatic N) is 2. The first-order valence-electron chi connectivity index (χ1n) is 10.7. The molecule has 190 valence electrons. The Morgan fingerprint density at radius 3 is 2.19 bits per heavy atom. The van der Waals surface area contributed by atoms with Gasteiger partial charge in [0.1, 0.15) is 6.54 Å². The summed E-state index contributed by atoms with van der Waals surface area (Å²) in [5, 5.41) is 3.96. The minimum Gasteiger partial charge on any atom is -0.493 e. The van der Waals surface area contributed by atoms with Crippen molar-refractivity contribution in [1.82, 2.24) is 5.43 Å². The van der Waals surface area contributed by atoms with Crippen LogP contribution in [0.5, 0.6) is 23.0 Å². The molecule has 0 heterocycles. The van der Waals surface area contributed by atoms with Gasteiger partial charge in [-0.25, -0.2) is 13.8 Å². The highest BCUT2D eigenvalue weighted by molar-refractivity contribution is 7.92. The number of hydrogen-bond donors (Lipinski definition) is 1. The summed E-state index contributed by atoms with van der Waals surface area (Å²) in [5.41, 5.74) is 3.14. The highest BCUT2D eigenvalue weighted by atomic mass is 32.2. The normalized spacial score (nSPS) is 11.1. The third-order valence-corrected chi connectivity index (χ3v) is 6.89. The van der Waals surface area contributed by atoms with Crippen LogP contribution >= 0.6 is 0 Å². The number of carbonyl (C=O) groups is 1. The number of hydrazone groups is 1. The molecule has 0 aliphatic carbocycles. The lowest BCUT2D eigenvalue weighted by atomic mass is 10.2. The van der Waals surface area contributed by atoms with Crippen LogP contribution in [-0.2, 0) is 14.8 Å². The molecule has 1 amide bonds. The van der Waals surface area contributed by atoms with E-state index in [9.17, 15) is 13.2 Å². The van der Waals surface area contributed by atoms with Crippen molar-refractivity contribution in [2.75, 3.05) is 39.3 Å². The number of hydrogen-bond acceptors (Lipinski definition) is 8. The molecule has 3 aromatic rings. The second-order valence-electron chi connectivity index (χ2n) is 7.24. The van der Waals surface area contributed by atoms with Crippen molar-refractivity contribution in [2.24, 2.45) is 5.10 Å². The van der Waals surface area contributed by atoms with Gasteiger partial charge in [0.05, 0.1) is 45.2 Å². The monoisotopic (exact) mass is 513 g/mol. The molecule has 3 aromatic carbocycles. The fourth-order valence-electron chi connectivity index (χ4n) is 3.37. The molecule has 0 radical (unpaired) electrons. The topological polar surface area (TPSA) is 116 Å². The number of nitrogens with one attached hydrogen (secondary N) is 1. The second kappa shape index (κ2) is 11.9. The van der Waals surface area contributed by atoms with Crippen molar-refractivity contribution in [3.63, 3.8) is 0 Å². The van der Waals surface area contributed by atoms with Crippen molar-refractivity contribution >= 4 is 27.8 Å². The predicted molar refractivity (Wildman–Crippen MR) is 136 cm³/mol. The summed E-state index contributed by atoms with van der Waals surface area (Å²) in [4.78, 5) is 12.8. The van der Waals surface area contributed by atoms with Crippen LogP contribution in [0.3, 0.4) is 0 Å². The number of para-hydroxylation sites is 1. The molecule has 0 aliphatic rings. The summed E-state index contributed by atoms with van der Waals surface area (Å²) in [6.45, 7) is -0.542. The molecule has 0 aromatic heterocycles. The van der Waals surface area contributed by atoms with Crippen LogP contribution in [0, 0.1) is 0 Å². The van der Waals surface area contributed by atoms with E-state index >= 15 is 0 Å². The lowest BCUT2D eigenvalue weighted by Gasteiger charge is -2.24. The van der Waals surface area contributed by atoms with Crippen molar-refractivity contribution < 1.29 is 32.2 Å². The number of sulfonamides is 1. The molecule has 0 unspecified atom stereocenters. The Morgan fingerprint density at radius 2 is 1.56 bits per heavy atom. The van der Waals surface area contributed by atoms with Gasteiger partial charge >= 0.3 is 0 Å². The van der Waals surface area contributed by atoms with E-state index in [1.54, 1.807) is 42.5 Å². The highest BCUT2D eigenvalue weighted by Gasteiger charge is 2.28. The van der Waals surface area contributed by atoms with Gasteiger partial charge in [-0.3, -0.25) is 9.10 Å². The first-order valence-corrected chi connectivity index (χ1v) is 12.1. The number of rotatable bonds is 11. The molecule has 0 aliphatic heterocycles. The molecule has 0 saturated heterocycles. The average Bonchev–Trinajstić information content (AvgIpc) is 2.91. The maximum absolute atomic E-state index is 13.5. The molecule has 0 atom stereocenters. The summed E-state index contributed by atoms with van der Waals surface area (Å²) in [6.07, 6.45) is 1.38. The van der Waals surface area contributed by atoms with Crippen molar-refractivity contribution in [3.8, 4) is 23.0 Å². The lowest BCUT2D eigenvalue weighted by Crippen LogP contribution is -2.39. The van der Waals surface area contributed by atoms with Crippen molar-refractivity contribution in [3.05, 3.63) is 72.3 Å². The zero-order chi connectivity index (χ0) is 26.1. The average molecular weight is 514 g/mol. The molecule has 36 heavy (non-hydrogen) atoms. The van der Waals surface area contributed by atoms with E-state index in [0.717, 1.165) is 4.31 Å². The number of methoxy groups -OCH3 is 4.